The second-order valence-corrected chi connectivity index (χ2v) is 7.33. The van der Waals surface area contributed by atoms with Crippen molar-refractivity contribution >= 4 is 33.1 Å². The molecule has 3 rings (SSSR count). The third kappa shape index (κ3) is 3.54. The Morgan fingerprint density at radius 2 is 2.00 bits per heavy atom. The third-order valence-corrected chi connectivity index (χ3v) is 4.86. The van der Waals surface area contributed by atoms with Crippen molar-refractivity contribution in [3.8, 4) is 0 Å². The van der Waals surface area contributed by atoms with Gasteiger partial charge in [0.1, 0.15) is 6.29 Å². The number of carbonyl (C=O) groups is 1. The SMILES string of the molecule is CNC(c1cc(Br)ccc1C=O)c1c(CN(C)C)[nH]c2ccccc12. The van der Waals surface area contributed by atoms with Gasteiger partial charge in [-0.05, 0) is 44.9 Å². The summed E-state index contributed by atoms with van der Waals surface area (Å²) < 4.78 is 0.961. The minimum atomic E-state index is -0.0798. The summed E-state index contributed by atoms with van der Waals surface area (Å²) in [4.78, 5) is 17.3. The van der Waals surface area contributed by atoms with Gasteiger partial charge in [-0.25, -0.2) is 0 Å². The van der Waals surface area contributed by atoms with E-state index in [1.165, 1.54) is 10.9 Å². The molecule has 0 aliphatic heterocycles. The zero-order chi connectivity index (χ0) is 18.0. The van der Waals surface area contributed by atoms with E-state index in [1.807, 2.05) is 37.4 Å². The number of benzene rings is 2. The summed E-state index contributed by atoms with van der Waals surface area (Å²) >= 11 is 3.54. The molecule has 0 bridgehead atoms. The van der Waals surface area contributed by atoms with Gasteiger partial charge in [-0.3, -0.25) is 4.79 Å². The molecule has 0 saturated carbocycles. The minimum absolute atomic E-state index is 0.0798. The summed E-state index contributed by atoms with van der Waals surface area (Å²) in [6.07, 6.45) is 0.923. The second-order valence-electron chi connectivity index (χ2n) is 6.41. The number of fused-ring (bicyclic) bond motifs is 1. The van der Waals surface area contributed by atoms with Crippen LogP contribution in [0.3, 0.4) is 0 Å². The average Bonchev–Trinajstić information content (AvgIpc) is 2.93. The first-order chi connectivity index (χ1) is 12.0. The number of aromatic nitrogens is 1. The van der Waals surface area contributed by atoms with Crippen LogP contribution in [0.4, 0.5) is 0 Å². The van der Waals surface area contributed by atoms with Crippen LogP contribution in [0.5, 0.6) is 0 Å². The van der Waals surface area contributed by atoms with Crippen LogP contribution in [-0.2, 0) is 6.54 Å². The molecule has 1 atom stereocenters. The lowest BCUT2D eigenvalue weighted by atomic mass is 9.92. The molecule has 0 aliphatic carbocycles. The van der Waals surface area contributed by atoms with E-state index in [0.717, 1.165) is 34.1 Å². The normalized spacial score (nSPS) is 12.7. The molecule has 0 fully saturated rings. The number of nitrogens with one attached hydrogen (secondary N) is 2. The van der Waals surface area contributed by atoms with Crippen LogP contribution in [0.25, 0.3) is 10.9 Å². The molecular formula is C20H22BrN3O. The summed E-state index contributed by atoms with van der Waals surface area (Å²) in [5.41, 5.74) is 5.12. The molecule has 1 unspecified atom stereocenters. The fourth-order valence-corrected chi connectivity index (χ4v) is 3.73. The molecule has 0 amide bonds. The molecule has 0 spiro atoms. The van der Waals surface area contributed by atoms with Crippen LogP contribution in [0, 0.1) is 0 Å². The number of halogens is 1. The summed E-state index contributed by atoms with van der Waals surface area (Å²) in [6, 6.07) is 14.0. The number of aromatic amines is 1. The molecule has 4 nitrogen and oxygen atoms in total. The fraction of sp³-hybridized carbons (Fsp3) is 0.250. The van der Waals surface area contributed by atoms with E-state index in [1.54, 1.807) is 0 Å². The summed E-state index contributed by atoms with van der Waals surface area (Å²) in [5.74, 6) is 0. The number of hydrogen-bond donors (Lipinski definition) is 2. The highest BCUT2D eigenvalue weighted by Crippen LogP contribution is 2.34. The molecule has 5 heteroatoms. The van der Waals surface area contributed by atoms with Crippen LogP contribution in [0.2, 0.25) is 0 Å². The van der Waals surface area contributed by atoms with Gasteiger partial charge in [-0.1, -0.05) is 40.2 Å². The number of H-pyrrole nitrogens is 1. The average molecular weight is 400 g/mol. The summed E-state index contributed by atoms with van der Waals surface area (Å²) in [5, 5.41) is 4.59. The first-order valence-corrected chi connectivity index (χ1v) is 9.00. The Hall–Kier alpha value is -1.95. The quantitative estimate of drug-likeness (QED) is 0.613. The third-order valence-electron chi connectivity index (χ3n) is 4.37. The van der Waals surface area contributed by atoms with E-state index in [9.17, 15) is 4.79 Å². The lowest BCUT2D eigenvalue weighted by Gasteiger charge is -2.21. The smallest absolute Gasteiger partial charge is 0.150 e. The number of para-hydroxylation sites is 1. The van der Waals surface area contributed by atoms with Crippen molar-refractivity contribution in [2.24, 2.45) is 0 Å². The predicted octanol–water partition coefficient (Wildman–Crippen LogP) is 4.11. The topological polar surface area (TPSA) is 48.1 Å². The van der Waals surface area contributed by atoms with Gasteiger partial charge in [0.05, 0.1) is 6.04 Å². The molecule has 1 aromatic heterocycles. The van der Waals surface area contributed by atoms with Crippen molar-refractivity contribution in [2.45, 2.75) is 12.6 Å². The van der Waals surface area contributed by atoms with E-state index in [-0.39, 0.29) is 6.04 Å². The van der Waals surface area contributed by atoms with Gasteiger partial charge in [-0.15, -0.1) is 0 Å². The predicted molar refractivity (Wildman–Crippen MR) is 106 cm³/mol. The van der Waals surface area contributed by atoms with E-state index in [0.29, 0.717) is 5.56 Å². The molecule has 0 saturated heterocycles. The largest absolute Gasteiger partial charge is 0.357 e. The molecular weight excluding hydrogens is 378 g/mol. The molecule has 130 valence electrons. The maximum absolute atomic E-state index is 11.6. The Balaban J connectivity index is 2.25. The van der Waals surface area contributed by atoms with Crippen molar-refractivity contribution in [2.75, 3.05) is 21.1 Å². The van der Waals surface area contributed by atoms with Crippen molar-refractivity contribution < 1.29 is 4.79 Å². The van der Waals surface area contributed by atoms with E-state index in [2.05, 4.69) is 57.4 Å². The van der Waals surface area contributed by atoms with Crippen LogP contribution in [0.15, 0.2) is 46.9 Å². The number of aldehydes is 1. The molecule has 2 aromatic carbocycles. The molecule has 25 heavy (non-hydrogen) atoms. The Bertz CT molecular complexity index is 901. The highest BCUT2D eigenvalue weighted by molar-refractivity contribution is 9.10. The molecule has 0 aliphatic rings. The van der Waals surface area contributed by atoms with E-state index in [4.69, 9.17) is 0 Å². The Labute approximate surface area is 156 Å². The first kappa shape index (κ1) is 17.9. The fourth-order valence-electron chi connectivity index (χ4n) is 3.35. The van der Waals surface area contributed by atoms with Gasteiger partial charge in [0.25, 0.3) is 0 Å². The molecule has 2 N–H and O–H groups in total. The van der Waals surface area contributed by atoms with Crippen LogP contribution >= 0.6 is 15.9 Å². The van der Waals surface area contributed by atoms with Crippen molar-refractivity contribution in [1.29, 1.82) is 0 Å². The monoisotopic (exact) mass is 399 g/mol. The Morgan fingerprint density at radius 3 is 2.68 bits per heavy atom. The number of nitrogens with zero attached hydrogens (tertiary/aromatic N) is 1. The van der Waals surface area contributed by atoms with Gasteiger partial charge in [0, 0.05) is 38.7 Å². The maximum atomic E-state index is 11.6. The maximum Gasteiger partial charge on any atom is 0.150 e. The highest BCUT2D eigenvalue weighted by atomic mass is 79.9. The van der Waals surface area contributed by atoms with Crippen LogP contribution < -0.4 is 5.32 Å². The van der Waals surface area contributed by atoms with Crippen LogP contribution in [0.1, 0.15) is 33.2 Å². The second kappa shape index (κ2) is 7.52. The number of hydrogen-bond acceptors (Lipinski definition) is 3. The van der Waals surface area contributed by atoms with Crippen molar-refractivity contribution in [3.63, 3.8) is 0 Å². The minimum Gasteiger partial charge on any atom is -0.357 e. The Kier molecular flexibility index (Phi) is 5.37. The van der Waals surface area contributed by atoms with Gasteiger partial charge in [0.2, 0.25) is 0 Å². The van der Waals surface area contributed by atoms with E-state index < -0.39 is 0 Å². The lowest BCUT2D eigenvalue weighted by molar-refractivity contribution is 0.112. The van der Waals surface area contributed by atoms with Gasteiger partial charge >= 0.3 is 0 Å². The van der Waals surface area contributed by atoms with Crippen molar-refractivity contribution in [3.05, 3.63) is 69.3 Å². The number of carbonyl (C=O) groups excluding carboxylic acids is 1. The van der Waals surface area contributed by atoms with Gasteiger partial charge in [0.15, 0.2) is 0 Å². The number of rotatable bonds is 6. The summed E-state index contributed by atoms with van der Waals surface area (Å²) in [7, 11) is 6.04. The first-order valence-electron chi connectivity index (χ1n) is 8.21. The lowest BCUT2D eigenvalue weighted by Crippen LogP contribution is -2.22. The van der Waals surface area contributed by atoms with Crippen LogP contribution in [-0.4, -0.2) is 37.3 Å². The standard InChI is InChI=1S/C20H22BrN3O/c1-22-20(16-10-14(21)9-8-13(16)12-25)19-15-6-4-5-7-17(15)23-18(19)11-24(2)3/h4-10,12,20,22-23H,11H2,1-3H3. The van der Waals surface area contributed by atoms with E-state index >= 15 is 0 Å². The summed E-state index contributed by atoms with van der Waals surface area (Å²) in [6.45, 7) is 0.798. The zero-order valence-electron chi connectivity index (χ0n) is 14.6. The molecule has 3 aromatic rings. The zero-order valence-corrected chi connectivity index (χ0v) is 16.2. The van der Waals surface area contributed by atoms with Gasteiger partial charge < -0.3 is 15.2 Å². The molecule has 1 heterocycles. The van der Waals surface area contributed by atoms with Crippen molar-refractivity contribution in [1.82, 2.24) is 15.2 Å². The van der Waals surface area contributed by atoms with Gasteiger partial charge in [-0.2, -0.15) is 0 Å². The Morgan fingerprint density at radius 1 is 1.24 bits per heavy atom. The highest BCUT2D eigenvalue weighted by Gasteiger charge is 2.23. The molecule has 0 radical (unpaired) electrons.